The van der Waals surface area contributed by atoms with Gasteiger partial charge in [0.2, 0.25) is 0 Å². The number of hydrogen-bond acceptors (Lipinski definition) is 2. The van der Waals surface area contributed by atoms with Crippen molar-refractivity contribution < 1.29 is 4.39 Å². The summed E-state index contributed by atoms with van der Waals surface area (Å²) in [6.45, 7) is 8.56. The van der Waals surface area contributed by atoms with Crippen LogP contribution in [0.4, 0.5) is 10.1 Å². The lowest BCUT2D eigenvalue weighted by Crippen LogP contribution is -2.23. The number of halogens is 1. The van der Waals surface area contributed by atoms with E-state index in [2.05, 4.69) is 13.8 Å². The summed E-state index contributed by atoms with van der Waals surface area (Å²) in [5.41, 5.74) is 8.30. The molecule has 0 fully saturated rings. The molecule has 0 unspecified atom stereocenters. The predicted molar refractivity (Wildman–Crippen MR) is 83.4 cm³/mol. The van der Waals surface area contributed by atoms with Crippen molar-refractivity contribution in [3.8, 4) is 5.69 Å². The standard InChI is InChI=1S/C16H22FN3O/c1-5-19-14(8-10(2)3)15(18)16(21)20(19)13-7-6-12(17)9-11(13)4/h6-7,9-10H,5,8,18H2,1-4H3. The van der Waals surface area contributed by atoms with E-state index in [0.717, 1.165) is 12.1 Å². The molecule has 1 heterocycles. The minimum atomic E-state index is -0.311. The van der Waals surface area contributed by atoms with E-state index in [1.54, 1.807) is 17.7 Å². The van der Waals surface area contributed by atoms with Gasteiger partial charge in [0.25, 0.3) is 5.56 Å². The van der Waals surface area contributed by atoms with Gasteiger partial charge in [-0.1, -0.05) is 13.8 Å². The molecule has 0 bridgehead atoms. The molecule has 0 amide bonds. The molecule has 0 saturated heterocycles. The van der Waals surface area contributed by atoms with Gasteiger partial charge in [-0.15, -0.1) is 0 Å². The average Bonchev–Trinajstić information content (AvgIpc) is 2.63. The van der Waals surface area contributed by atoms with E-state index in [4.69, 9.17) is 5.73 Å². The van der Waals surface area contributed by atoms with Crippen molar-refractivity contribution in [3.05, 3.63) is 45.6 Å². The first kappa shape index (κ1) is 15.4. The number of nitrogens with two attached hydrogens (primary N) is 1. The van der Waals surface area contributed by atoms with Crippen LogP contribution in [0.15, 0.2) is 23.0 Å². The van der Waals surface area contributed by atoms with Gasteiger partial charge in [0.1, 0.15) is 11.5 Å². The Morgan fingerprint density at radius 2 is 2.00 bits per heavy atom. The lowest BCUT2D eigenvalue weighted by molar-refractivity contribution is 0.518. The highest BCUT2D eigenvalue weighted by atomic mass is 19.1. The van der Waals surface area contributed by atoms with Crippen molar-refractivity contribution in [1.82, 2.24) is 9.36 Å². The van der Waals surface area contributed by atoms with Gasteiger partial charge in [0.15, 0.2) is 0 Å². The third-order valence-electron chi connectivity index (χ3n) is 3.57. The molecule has 0 atom stereocenters. The Balaban J connectivity index is 2.71. The zero-order valence-electron chi connectivity index (χ0n) is 13.0. The summed E-state index contributed by atoms with van der Waals surface area (Å²) in [5.74, 6) is 0.0870. The maximum Gasteiger partial charge on any atom is 0.294 e. The molecule has 4 nitrogen and oxygen atoms in total. The number of anilines is 1. The van der Waals surface area contributed by atoms with E-state index < -0.39 is 0 Å². The minimum Gasteiger partial charge on any atom is -0.393 e. The van der Waals surface area contributed by atoms with Gasteiger partial charge in [-0.3, -0.25) is 9.48 Å². The highest BCUT2D eigenvalue weighted by molar-refractivity contribution is 5.48. The summed E-state index contributed by atoms with van der Waals surface area (Å²) in [6, 6.07) is 4.41. The highest BCUT2D eigenvalue weighted by Crippen LogP contribution is 2.20. The van der Waals surface area contributed by atoms with E-state index in [0.29, 0.717) is 23.7 Å². The molecular weight excluding hydrogens is 269 g/mol. The molecule has 0 saturated carbocycles. The van der Waals surface area contributed by atoms with Crippen LogP contribution in [0, 0.1) is 18.7 Å². The molecule has 2 N–H and O–H groups in total. The van der Waals surface area contributed by atoms with Crippen molar-refractivity contribution in [2.24, 2.45) is 5.92 Å². The van der Waals surface area contributed by atoms with Crippen LogP contribution < -0.4 is 11.3 Å². The van der Waals surface area contributed by atoms with Gasteiger partial charge in [-0.25, -0.2) is 9.07 Å². The second kappa shape index (κ2) is 5.76. The number of rotatable bonds is 4. The quantitative estimate of drug-likeness (QED) is 0.941. The largest absolute Gasteiger partial charge is 0.393 e. The normalized spacial score (nSPS) is 11.3. The fraction of sp³-hybridized carbons (Fsp3) is 0.438. The van der Waals surface area contributed by atoms with Crippen molar-refractivity contribution in [2.75, 3.05) is 5.73 Å². The molecule has 0 aliphatic heterocycles. The molecular formula is C16H22FN3O. The minimum absolute atomic E-state index is 0.234. The van der Waals surface area contributed by atoms with E-state index in [1.165, 1.54) is 12.1 Å². The molecule has 2 aromatic rings. The molecule has 114 valence electrons. The van der Waals surface area contributed by atoms with E-state index in [1.807, 2.05) is 11.6 Å². The number of hydrogen-bond donors (Lipinski definition) is 1. The number of aromatic nitrogens is 2. The molecule has 5 heteroatoms. The van der Waals surface area contributed by atoms with Crippen LogP contribution in [0.25, 0.3) is 5.69 Å². The summed E-state index contributed by atoms with van der Waals surface area (Å²) >= 11 is 0. The first-order valence-corrected chi connectivity index (χ1v) is 7.23. The maximum atomic E-state index is 13.3. The maximum absolute atomic E-state index is 13.3. The van der Waals surface area contributed by atoms with Gasteiger partial charge in [0.05, 0.1) is 11.4 Å². The predicted octanol–water partition coefficient (Wildman–Crippen LogP) is 2.89. The van der Waals surface area contributed by atoms with E-state index in [-0.39, 0.29) is 17.1 Å². The first-order valence-electron chi connectivity index (χ1n) is 7.23. The summed E-state index contributed by atoms with van der Waals surface area (Å²) in [6.07, 6.45) is 0.738. The fourth-order valence-electron chi connectivity index (χ4n) is 2.64. The average molecular weight is 291 g/mol. The third kappa shape index (κ3) is 2.73. The van der Waals surface area contributed by atoms with Crippen molar-refractivity contribution in [3.63, 3.8) is 0 Å². The molecule has 0 radical (unpaired) electrons. The van der Waals surface area contributed by atoms with Crippen LogP contribution in [-0.4, -0.2) is 9.36 Å². The lowest BCUT2D eigenvalue weighted by atomic mass is 10.1. The van der Waals surface area contributed by atoms with Crippen molar-refractivity contribution in [2.45, 2.75) is 40.7 Å². The van der Waals surface area contributed by atoms with Crippen LogP contribution in [0.5, 0.6) is 0 Å². The molecule has 1 aromatic carbocycles. The van der Waals surface area contributed by atoms with E-state index in [9.17, 15) is 9.18 Å². The fourth-order valence-corrected chi connectivity index (χ4v) is 2.64. The molecule has 1 aromatic heterocycles. The second-order valence-electron chi connectivity index (χ2n) is 5.72. The van der Waals surface area contributed by atoms with E-state index >= 15 is 0 Å². The number of nitrogen functional groups attached to an aromatic ring is 1. The highest BCUT2D eigenvalue weighted by Gasteiger charge is 2.19. The van der Waals surface area contributed by atoms with Crippen LogP contribution in [-0.2, 0) is 13.0 Å². The second-order valence-corrected chi connectivity index (χ2v) is 5.72. The number of benzene rings is 1. The third-order valence-corrected chi connectivity index (χ3v) is 3.57. The smallest absolute Gasteiger partial charge is 0.294 e. The summed E-state index contributed by atoms with van der Waals surface area (Å²) < 4.78 is 16.7. The Bertz CT molecular complexity index is 713. The Kier molecular flexibility index (Phi) is 4.21. The van der Waals surface area contributed by atoms with Crippen molar-refractivity contribution in [1.29, 1.82) is 0 Å². The van der Waals surface area contributed by atoms with Crippen LogP contribution in [0.2, 0.25) is 0 Å². The molecule has 2 rings (SSSR count). The summed E-state index contributed by atoms with van der Waals surface area (Å²) in [7, 11) is 0. The first-order chi connectivity index (χ1) is 9.86. The molecule has 21 heavy (non-hydrogen) atoms. The molecule has 0 aliphatic rings. The van der Waals surface area contributed by atoms with Crippen LogP contribution >= 0.6 is 0 Å². The Labute approximate surface area is 124 Å². The molecule has 0 aliphatic carbocycles. The Morgan fingerprint density at radius 3 is 2.52 bits per heavy atom. The van der Waals surface area contributed by atoms with Crippen molar-refractivity contribution >= 4 is 5.69 Å². The summed E-state index contributed by atoms with van der Waals surface area (Å²) in [5, 5.41) is 0. The van der Waals surface area contributed by atoms with Gasteiger partial charge in [0, 0.05) is 6.54 Å². The summed E-state index contributed by atoms with van der Waals surface area (Å²) in [4.78, 5) is 12.5. The topological polar surface area (TPSA) is 52.9 Å². The number of aryl methyl sites for hydroxylation is 1. The monoisotopic (exact) mass is 291 g/mol. The van der Waals surface area contributed by atoms with Crippen LogP contribution in [0.1, 0.15) is 32.0 Å². The van der Waals surface area contributed by atoms with Gasteiger partial charge in [-0.05, 0) is 49.9 Å². The van der Waals surface area contributed by atoms with Crippen LogP contribution in [0.3, 0.4) is 0 Å². The SMILES string of the molecule is CCn1c(CC(C)C)c(N)c(=O)n1-c1ccc(F)cc1C. The molecule has 0 spiro atoms. The Morgan fingerprint density at radius 1 is 1.33 bits per heavy atom. The van der Waals surface area contributed by atoms with Gasteiger partial charge < -0.3 is 5.73 Å². The van der Waals surface area contributed by atoms with Gasteiger partial charge >= 0.3 is 0 Å². The number of nitrogens with zero attached hydrogens (tertiary/aromatic N) is 2. The Hall–Kier alpha value is -2.04. The lowest BCUT2D eigenvalue weighted by Gasteiger charge is -2.15. The van der Waals surface area contributed by atoms with Gasteiger partial charge in [-0.2, -0.15) is 0 Å². The zero-order valence-corrected chi connectivity index (χ0v) is 13.0. The zero-order chi connectivity index (χ0) is 15.7.